The van der Waals surface area contributed by atoms with Crippen molar-refractivity contribution in [2.24, 2.45) is 0 Å². The van der Waals surface area contributed by atoms with Crippen LogP contribution >= 0.6 is 0 Å². The third kappa shape index (κ3) is 4.26. The van der Waals surface area contributed by atoms with Crippen LogP contribution in [0.1, 0.15) is 12.0 Å². The maximum absolute atomic E-state index is 11.3. The number of aromatic amines is 1. The summed E-state index contributed by atoms with van der Waals surface area (Å²) >= 11 is 0. The van der Waals surface area contributed by atoms with E-state index in [1.54, 1.807) is 0 Å². The Bertz CT molecular complexity index is 1420. The molecule has 4 aromatic carbocycles. The van der Waals surface area contributed by atoms with E-state index < -0.39 is 6.16 Å². The number of para-hydroxylation sites is 1. The van der Waals surface area contributed by atoms with Gasteiger partial charge in [0.05, 0.1) is 12.1 Å². The molecule has 0 amide bonds. The number of H-pyrrole nitrogens is 1. The molecular formula is C28H23NO4. The highest BCUT2D eigenvalue weighted by Crippen LogP contribution is 2.36. The lowest BCUT2D eigenvalue weighted by Crippen LogP contribution is -2.06. The van der Waals surface area contributed by atoms with Gasteiger partial charge in [-0.15, -0.1) is 0 Å². The van der Waals surface area contributed by atoms with Crippen molar-refractivity contribution in [2.45, 2.75) is 12.8 Å². The molecule has 164 valence electrons. The van der Waals surface area contributed by atoms with Gasteiger partial charge in [0.25, 0.3) is 0 Å². The maximum Gasteiger partial charge on any atom is 0.512 e. The molecule has 0 radical (unpaired) electrons. The van der Waals surface area contributed by atoms with Crippen molar-refractivity contribution in [1.29, 1.82) is 0 Å². The first kappa shape index (κ1) is 20.6. The molecule has 2 N–H and O–H groups in total. The Hall–Kier alpha value is -4.25. The van der Waals surface area contributed by atoms with Crippen LogP contribution in [0.2, 0.25) is 0 Å². The summed E-state index contributed by atoms with van der Waals surface area (Å²) in [5.74, 6) is 1.12. The van der Waals surface area contributed by atoms with Crippen molar-refractivity contribution in [3.8, 4) is 22.8 Å². The summed E-state index contributed by atoms with van der Waals surface area (Å²) in [5.41, 5.74) is 3.76. The summed E-state index contributed by atoms with van der Waals surface area (Å²) < 4.78 is 11.2. The molecule has 0 saturated carbocycles. The van der Waals surface area contributed by atoms with E-state index in [4.69, 9.17) is 9.47 Å². The van der Waals surface area contributed by atoms with Gasteiger partial charge in [-0.2, -0.15) is 0 Å². The van der Waals surface area contributed by atoms with E-state index in [2.05, 4.69) is 17.1 Å². The van der Waals surface area contributed by atoms with Crippen molar-refractivity contribution >= 4 is 27.8 Å². The molecule has 0 atom stereocenters. The number of nitrogens with one attached hydrogen (secondary N) is 1. The van der Waals surface area contributed by atoms with E-state index in [1.165, 1.54) is 0 Å². The van der Waals surface area contributed by atoms with E-state index in [0.717, 1.165) is 44.1 Å². The molecule has 0 fully saturated rings. The predicted octanol–water partition coefficient (Wildman–Crippen LogP) is 7.06. The molecule has 5 heteroatoms. The summed E-state index contributed by atoms with van der Waals surface area (Å²) in [6.07, 6.45) is -0.0102. The Morgan fingerprint density at radius 1 is 0.818 bits per heavy atom. The Morgan fingerprint density at radius 3 is 2.39 bits per heavy atom. The van der Waals surface area contributed by atoms with E-state index >= 15 is 0 Å². The molecule has 5 nitrogen and oxygen atoms in total. The van der Waals surface area contributed by atoms with Crippen molar-refractivity contribution in [3.05, 3.63) is 96.6 Å². The lowest BCUT2D eigenvalue weighted by molar-refractivity contribution is 0.142. The second-order valence-electron chi connectivity index (χ2n) is 7.82. The molecule has 0 spiro atoms. The minimum Gasteiger partial charge on any atom is -0.493 e. The summed E-state index contributed by atoms with van der Waals surface area (Å²) in [6, 6.07) is 30.1. The number of fused-ring (bicyclic) bond motifs is 2. The number of hydrogen-bond acceptors (Lipinski definition) is 3. The van der Waals surface area contributed by atoms with E-state index in [9.17, 15) is 9.90 Å². The first-order valence-corrected chi connectivity index (χ1v) is 10.9. The zero-order valence-electron chi connectivity index (χ0n) is 18.0. The second-order valence-corrected chi connectivity index (χ2v) is 7.82. The Morgan fingerprint density at radius 2 is 1.55 bits per heavy atom. The van der Waals surface area contributed by atoms with Crippen molar-refractivity contribution in [3.63, 3.8) is 0 Å². The highest BCUT2D eigenvalue weighted by Gasteiger charge is 2.18. The summed E-state index contributed by atoms with van der Waals surface area (Å²) in [4.78, 5) is 14.5. The predicted molar refractivity (Wildman–Crippen MR) is 130 cm³/mol. The minimum absolute atomic E-state index is 0.269. The number of benzene rings is 4. The molecule has 1 aromatic heterocycles. The van der Waals surface area contributed by atoms with Crippen LogP contribution in [-0.4, -0.2) is 22.9 Å². The zero-order valence-corrected chi connectivity index (χ0v) is 18.0. The highest BCUT2D eigenvalue weighted by atomic mass is 16.7. The van der Waals surface area contributed by atoms with E-state index in [-0.39, 0.29) is 5.88 Å². The van der Waals surface area contributed by atoms with Gasteiger partial charge >= 0.3 is 6.16 Å². The molecule has 0 saturated heterocycles. The molecule has 33 heavy (non-hydrogen) atoms. The van der Waals surface area contributed by atoms with Gasteiger partial charge in [0.1, 0.15) is 5.75 Å². The Balaban J connectivity index is 1.40. The largest absolute Gasteiger partial charge is 0.512 e. The SMILES string of the molecule is O=C(O)Oc1[nH]c2c(-c3ccccc3)cccc2c1CCCOc1cccc2ccccc12. The molecule has 1 heterocycles. The van der Waals surface area contributed by atoms with Crippen molar-refractivity contribution < 1.29 is 19.4 Å². The zero-order chi connectivity index (χ0) is 22.6. The van der Waals surface area contributed by atoms with Crippen molar-refractivity contribution in [1.82, 2.24) is 4.98 Å². The van der Waals surface area contributed by atoms with Gasteiger partial charge in [0.15, 0.2) is 0 Å². The lowest BCUT2D eigenvalue weighted by atomic mass is 10.0. The molecule has 5 rings (SSSR count). The standard InChI is InChI=1S/C28H23NO4/c30-28(31)33-27-24(16-8-18-32-25-17-6-12-19-11-4-5-13-21(19)25)23-15-7-14-22(26(23)29-27)20-9-2-1-3-10-20/h1-7,9-15,17,29H,8,16,18H2,(H,30,31). The van der Waals surface area contributed by atoms with Gasteiger partial charge in [-0.1, -0.05) is 84.9 Å². The molecular weight excluding hydrogens is 414 g/mol. The molecule has 0 bridgehead atoms. The number of carboxylic acid groups (broad SMARTS) is 1. The van der Waals surface area contributed by atoms with Gasteiger partial charge in [0.2, 0.25) is 5.88 Å². The number of ether oxygens (including phenoxy) is 2. The van der Waals surface area contributed by atoms with E-state index in [1.807, 2.05) is 78.9 Å². The Labute approximate surface area is 191 Å². The van der Waals surface area contributed by atoms with Crippen LogP contribution in [0.5, 0.6) is 11.6 Å². The molecule has 0 aliphatic heterocycles. The molecule has 0 aliphatic carbocycles. The molecule has 0 aliphatic rings. The van der Waals surface area contributed by atoms with Crippen LogP contribution in [0, 0.1) is 0 Å². The van der Waals surface area contributed by atoms with Crippen molar-refractivity contribution in [2.75, 3.05) is 6.61 Å². The second kappa shape index (κ2) is 9.09. The highest BCUT2D eigenvalue weighted by molar-refractivity contribution is 5.98. The van der Waals surface area contributed by atoms with Crippen LogP contribution in [0.25, 0.3) is 32.8 Å². The van der Waals surface area contributed by atoms with Gasteiger partial charge in [0, 0.05) is 21.9 Å². The van der Waals surface area contributed by atoms with Crippen LogP contribution in [0.15, 0.2) is 91.0 Å². The number of aromatic nitrogens is 1. The fourth-order valence-electron chi connectivity index (χ4n) is 4.28. The monoisotopic (exact) mass is 437 g/mol. The van der Waals surface area contributed by atoms with Crippen LogP contribution in [-0.2, 0) is 6.42 Å². The topological polar surface area (TPSA) is 71.5 Å². The summed E-state index contributed by atoms with van der Waals surface area (Å²) in [7, 11) is 0. The van der Waals surface area contributed by atoms with Crippen LogP contribution in [0.4, 0.5) is 4.79 Å². The van der Waals surface area contributed by atoms with Gasteiger partial charge in [-0.25, -0.2) is 4.79 Å². The fraction of sp³-hybridized carbons (Fsp3) is 0.107. The first-order chi connectivity index (χ1) is 16.2. The smallest absolute Gasteiger partial charge is 0.493 e. The summed E-state index contributed by atoms with van der Waals surface area (Å²) in [6.45, 7) is 0.506. The Kier molecular flexibility index (Phi) is 5.68. The van der Waals surface area contributed by atoms with Gasteiger partial charge in [-0.05, 0) is 29.9 Å². The first-order valence-electron chi connectivity index (χ1n) is 10.9. The van der Waals surface area contributed by atoms with Crippen LogP contribution in [0.3, 0.4) is 0 Å². The third-order valence-corrected chi connectivity index (χ3v) is 5.75. The summed E-state index contributed by atoms with van der Waals surface area (Å²) in [5, 5.41) is 12.4. The minimum atomic E-state index is -1.34. The fourth-order valence-corrected chi connectivity index (χ4v) is 4.28. The average Bonchev–Trinajstić information content (AvgIpc) is 3.18. The normalized spacial score (nSPS) is 11.0. The number of rotatable bonds is 7. The number of aryl methyl sites for hydroxylation is 1. The maximum atomic E-state index is 11.3. The van der Waals surface area contributed by atoms with Gasteiger partial charge in [-0.3, -0.25) is 0 Å². The van der Waals surface area contributed by atoms with Gasteiger partial charge < -0.3 is 19.6 Å². The molecule has 0 unspecified atom stereocenters. The third-order valence-electron chi connectivity index (χ3n) is 5.75. The average molecular weight is 437 g/mol. The number of carbonyl (C=O) groups is 1. The quantitative estimate of drug-likeness (QED) is 0.211. The van der Waals surface area contributed by atoms with E-state index in [0.29, 0.717) is 19.4 Å². The lowest BCUT2D eigenvalue weighted by Gasteiger charge is -2.09. The number of hydrogen-bond donors (Lipinski definition) is 2. The van der Waals surface area contributed by atoms with Crippen LogP contribution < -0.4 is 9.47 Å². The molecule has 5 aromatic rings.